The fourth-order valence-electron chi connectivity index (χ4n) is 3.29. The number of nitrogens with zero attached hydrogens (tertiary/aromatic N) is 2. The van der Waals surface area contributed by atoms with E-state index in [2.05, 4.69) is 17.0 Å². The van der Waals surface area contributed by atoms with E-state index in [4.69, 9.17) is 9.47 Å². The Morgan fingerprint density at radius 3 is 2.68 bits per heavy atom. The molecule has 2 aromatic rings. The summed E-state index contributed by atoms with van der Waals surface area (Å²) in [5, 5.41) is 11.3. The molecule has 0 aromatic heterocycles. The fourth-order valence-corrected chi connectivity index (χ4v) is 3.29. The first-order chi connectivity index (χ1) is 12.2. The summed E-state index contributed by atoms with van der Waals surface area (Å²) in [6.07, 6.45) is 2.35. The molecule has 6 heteroatoms. The third-order valence-electron chi connectivity index (χ3n) is 4.65. The van der Waals surface area contributed by atoms with Crippen LogP contribution in [0.2, 0.25) is 0 Å². The molecule has 4 rings (SSSR count). The molecule has 1 saturated carbocycles. The molecule has 0 atom stereocenters. The van der Waals surface area contributed by atoms with Gasteiger partial charge in [0.1, 0.15) is 5.75 Å². The van der Waals surface area contributed by atoms with Gasteiger partial charge in [0.15, 0.2) is 6.79 Å². The van der Waals surface area contributed by atoms with E-state index in [0.717, 1.165) is 23.4 Å². The number of ether oxygens (including phenoxy) is 2. The molecule has 1 aliphatic heterocycles. The Morgan fingerprint density at radius 2 is 1.96 bits per heavy atom. The van der Waals surface area contributed by atoms with Crippen molar-refractivity contribution in [2.75, 3.05) is 6.79 Å². The van der Waals surface area contributed by atoms with Gasteiger partial charge in [0, 0.05) is 42.4 Å². The third kappa shape index (κ3) is 3.65. The molecule has 2 aromatic carbocycles. The van der Waals surface area contributed by atoms with Crippen molar-refractivity contribution in [2.24, 2.45) is 0 Å². The van der Waals surface area contributed by atoms with Crippen LogP contribution in [0.4, 0.5) is 5.69 Å². The molecule has 2 aliphatic rings. The van der Waals surface area contributed by atoms with Gasteiger partial charge in [-0.3, -0.25) is 15.0 Å². The Balaban J connectivity index is 1.63. The molecule has 0 N–H and O–H groups in total. The van der Waals surface area contributed by atoms with Crippen LogP contribution in [0.5, 0.6) is 5.75 Å². The maximum Gasteiger partial charge on any atom is 0.270 e. The van der Waals surface area contributed by atoms with Gasteiger partial charge in [-0.05, 0) is 18.4 Å². The highest BCUT2D eigenvalue weighted by Crippen LogP contribution is 2.36. The molecule has 0 amide bonds. The minimum atomic E-state index is -0.350. The van der Waals surface area contributed by atoms with Gasteiger partial charge in [0.2, 0.25) is 0 Å². The predicted octanol–water partition coefficient (Wildman–Crippen LogP) is 3.63. The Hall–Kier alpha value is -2.44. The predicted molar refractivity (Wildman–Crippen MR) is 92.1 cm³/mol. The summed E-state index contributed by atoms with van der Waals surface area (Å²) in [6.45, 7) is 2.02. The highest BCUT2D eigenvalue weighted by Gasteiger charge is 2.31. The SMILES string of the molecule is O=[N+]([O-])c1cc2c(c(CN(Cc3ccccc3)C3CC3)c1)OCOC2. The van der Waals surface area contributed by atoms with Crippen molar-refractivity contribution in [1.29, 1.82) is 0 Å². The van der Waals surface area contributed by atoms with Crippen molar-refractivity contribution in [1.82, 2.24) is 4.90 Å². The van der Waals surface area contributed by atoms with Gasteiger partial charge < -0.3 is 9.47 Å². The maximum atomic E-state index is 11.3. The number of nitro groups is 1. The van der Waals surface area contributed by atoms with Crippen LogP contribution in [-0.2, 0) is 24.4 Å². The molecule has 0 spiro atoms. The monoisotopic (exact) mass is 340 g/mol. The minimum Gasteiger partial charge on any atom is -0.467 e. The quantitative estimate of drug-likeness (QED) is 0.593. The van der Waals surface area contributed by atoms with Gasteiger partial charge in [-0.2, -0.15) is 0 Å². The van der Waals surface area contributed by atoms with Crippen LogP contribution in [0.15, 0.2) is 42.5 Å². The summed E-state index contributed by atoms with van der Waals surface area (Å²) in [7, 11) is 0. The summed E-state index contributed by atoms with van der Waals surface area (Å²) in [4.78, 5) is 13.3. The number of benzene rings is 2. The van der Waals surface area contributed by atoms with E-state index in [9.17, 15) is 10.1 Å². The van der Waals surface area contributed by atoms with Gasteiger partial charge in [0.25, 0.3) is 5.69 Å². The van der Waals surface area contributed by atoms with E-state index in [1.54, 1.807) is 12.1 Å². The zero-order chi connectivity index (χ0) is 17.2. The average Bonchev–Trinajstić information content (AvgIpc) is 3.47. The summed E-state index contributed by atoms with van der Waals surface area (Å²) < 4.78 is 11.0. The number of non-ortho nitro benzene ring substituents is 1. The van der Waals surface area contributed by atoms with E-state index >= 15 is 0 Å². The Labute approximate surface area is 146 Å². The molecular formula is C19H20N2O4. The second kappa shape index (κ2) is 6.82. The summed E-state index contributed by atoms with van der Waals surface area (Å²) in [6, 6.07) is 14.0. The second-order valence-electron chi connectivity index (χ2n) is 6.58. The first kappa shape index (κ1) is 16.1. The molecule has 0 unspecified atom stereocenters. The van der Waals surface area contributed by atoms with Crippen molar-refractivity contribution in [3.63, 3.8) is 0 Å². The lowest BCUT2D eigenvalue weighted by atomic mass is 10.1. The number of hydrogen-bond donors (Lipinski definition) is 0. The van der Waals surface area contributed by atoms with Crippen LogP contribution in [0.25, 0.3) is 0 Å². The van der Waals surface area contributed by atoms with Gasteiger partial charge in [-0.15, -0.1) is 0 Å². The van der Waals surface area contributed by atoms with Crippen LogP contribution in [0, 0.1) is 10.1 Å². The maximum absolute atomic E-state index is 11.3. The van der Waals surface area contributed by atoms with Crippen molar-refractivity contribution in [3.8, 4) is 5.75 Å². The smallest absolute Gasteiger partial charge is 0.270 e. The molecule has 6 nitrogen and oxygen atoms in total. The molecule has 0 radical (unpaired) electrons. The van der Waals surface area contributed by atoms with Crippen molar-refractivity contribution in [3.05, 3.63) is 69.3 Å². The van der Waals surface area contributed by atoms with Gasteiger partial charge in [-0.1, -0.05) is 30.3 Å². The number of nitro benzene ring substituents is 1. The Morgan fingerprint density at radius 1 is 1.16 bits per heavy atom. The largest absolute Gasteiger partial charge is 0.467 e. The first-order valence-corrected chi connectivity index (χ1v) is 8.49. The van der Waals surface area contributed by atoms with Crippen LogP contribution in [-0.4, -0.2) is 22.7 Å². The lowest BCUT2D eigenvalue weighted by molar-refractivity contribution is -0.385. The van der Waals surface area contributed by atoms with E-state index < -0.39 is 0 Å². The Bertz CT molecular complexity index is 774. The minimum absolute atomic E-state index is 0.0957. The van der Waals surface area contributed by atoms with E-state index in [0.29, 0.717) is 19.2 Å². The molecule has 130 valence electrons. The summed E-state index contributed by atoms with van der Waals surface area (Å²) in [5.74, 6) is 0.746. The third-order valence-corrected chi connectivity index (χ3v) is 4.65. The highest BCUT2D eigenvalue weighted by atomic mass is 16.7. The lowest BCUT2D eigenvalue weighted by Gasteiger charge is -2.26. The molecule has 0 bridgehead atoms. The number of hydrogen-bond acceptors (Lipinski definition) is 5. The fraction of sp³-hybridized carbons (Fsp3) is 0.368. The van der Waals surface area contributed by atoms with E-state index in [-0.39, 0.29) is 17.4 Å². The molecule has 0 saturated heterocycles. The molecular weight excluding hydrogens is 320 g/mol. The van der Waals surface area contributed by atoms with Gasteiger partial charge >= 0.3 is 0 Å². The van der Waals surface area contributed by atoms with Crippen molar-refractivity contribution >= 4 is 5.69 Å². The number of fused-ring (bicyclic) bond motifs is 1. The number of rotatable bonds is 6. The zero-order valence-corrected chi connectivity index (χ0v) is 13.9. The summed E-state index contributed by atoms with van der Waals surface area (Å²) in [5.41, 5.74) is 2.97. The first-order valence-electron chi connectivity index (χ1n) is 8.49. The van der Waals surface area contributed by atoms with Gasteiger partial charge in [-0.25, -0.2) is 0 Å². The van der Waals surface area contributed by atoms with Crippen molar-refractivity contribution in [2.45, 2.75) is 38.6 Å². The van der Waals surface area contributed by atoms with Crippen molar-refractivity contribution < 1.29 is 14.4 Å². The van der Waals surface area contributed by atoms with Crippen LogP contribution in [0.1, 0.15) is 29.5 Å². The van der Waals surface area contributed by atoms with E-state index in [1.807, 2.05) is 18.2 Å². The highest BCUT2D eigenvalue weighted by molar-refractivity contribution is 5.50. The van der Waals surface area contributed by atoms with Crippen LogP contribution >= 0.6 is 0 Å². The average molecular weight is 340 g/mol. The normalized spacial score (nSPS) is 16.4. The van der Waals surface area contributed by atoms with E-state index in [1.165, 1.54) is 18.4 Å². The molecule has 1 heterocycles. The summed E-state index contributed by atoms with van der Waals surface area (Å²) >= 11 is 0. The molecule has 1 fully saturated rings. The van der Waals surface area contributed by atoms with Crippen LogP contribution < -0.4 is 4.74 Å². The zero-order valence-electron chi connectivity index (χ0n) is 13.9. The van der Waals surface area contributed by atoms with Crippen LogP contribution in [0.3, 0.4) is 0 Å². The lowest BCUT2D eigenvalue weighted by Crippen LogP contribution is -2.26. The second-order valence-corrected chi connectivity index (χ2v) is 6.58. The molecule has 25 heavy (non-hydrogen) atoms. The molecule has 1 aliphatic carbocycles. The Kier molecular flexibility index (Phi) is 4.38. The topological polar surface area (TPSA) is 64.8 Å². The standard InChI is InChI=1S/C19H20N2O4/c22-21(23)18-8-15(19-16(9-18)12-24-13-25-19)11-20(17-6-7-17)10-14-4-2-1-3-5-14/h1-5,8-9,17H,6-7,10-13H2. The van der Waals surface area contributed by atoms with Gasteiger partial charge in [0.05, 0.1) is 11.5 Å².